The fraction of sp³-hybridized carbons (Fsp3) is 0.417. The molecule has 3 rings (SSSR count). The highest BCUT2D eigenvalue weighted by molar-refractivity contribution is 5.95. The smallest absolute Gasteiger partial charge is 0.249 e. The summed E-state index contributed by atoms with van der Waals surface area (Å²) in [7, 11) is 0. The highest BCUT2D eigenvalue weighted by atomic mass is 16.5. The highest BCUT2D eigenvalue weighted by Crippen LogP contribution is 2.20. The van der Waals surface area contributed by atoms with Gasteiger partial charge in [0.15, 0.2) is 0 Å². The summed E-state index contributed by atoms with van der Waals surface area (Å²) in [5.41, 5.74) is 7.77. The molecule has 30 heavy (non-hydrogen) atoms. The maximum Gasteiger partial charge on any atom is 0.249 e. The Morgan fingerprint density at radius 1 is 1.03 bits per heavy atom. The van der Waals surface area contributed by atoms with Gasteiger partial charge in [0.2, 0.25) is 11.8 Å². The standard InChI is InChI=1S/C24H31N3O3/c25-24(29)22-17-21(30-18-19-7-3-1-4-8-19)11-9-20(22)10-12-23(28)26-13-16-27-14-5-2-6-15-27/h1,3-4,7-9,11,17H,2,5-6,10,12-16,18H2,(H2,25,29)(H,26,28). The van der Waals surface area contributed by atoms with Crippen molar-refractivity contribution in [3.8, 4) is 5.75 Å². The van der Waals surface area contributed by atoms with Gasteiger partial charge < -0.3 is 20.7 Å². The van der Waals surface area contributed by atoms with Gasteiger partial charge in [-0.05, 0) is 55.6 Å². The average molecular weight is 410 g/mol. The number of nitrogens with two attached hydrogens (primary N) is 1. The van der Waals surface area contributed by atoms with Crippen LogP contribution in [-0.4, -0.2) is 42.9 Å². The van der Waals surface area contributed by atoms with Gasteiger partial charge in [-0.3, -0.25) is 9.59 Å². The molecule has 0 spiro atoms. The van der Waals surface area contributed by atoms with Crippen LogP contribution in [0.2, 0.25) is 0 Å². The predicted octanol–water partition coefficient (Wildman–Crippen LogP) is 2.90. The van der Waals surface area contributed by atoms with Crippen molar-refractivity contribution in [2.75, 3.05) is 26.2 Å². The SMILES string of the molecule is NC(=O)c1cc(OCc2ccccc2)ccc1CCC(=O)NCCN1CCCCC1. The number of hydrogen-bond donors (Lipinski definition) is 2. The monoisotopic (exact) mass is 409 g/mol. The Kier molecular flexibility index (Phi) is 8.27. The Hall–Kier alpha value is -2.86. The first-order valence-electron chi connectivity index (χ1n) is 10.7. The van der Waals surface area contributed by atoms with E-state index in [1.54, 1.807) is 6.07 Å². The van der Waals surface area contributed by atoms with Gasteiger partial charge >= 0.3 is 0 Å². The second kappa shape index (κ2) is 11.4. The molecule has 0 saturated carbocycles. The molecule has 3 N–H and O–H groups in total. The molecule has 0 aromatic heterocycles. The number of amides is 2. The number of nitrogens with zero attached hydrogens (tertiary/aromatic N) is 1. The minimum Gasteiger partial charge on any atom is -0.489 e. The molecule has 1 heterocycles. The molecule has 0 radical (unpaired) electrons. The van der Waals surface area contributed by atoms with Crippen LogP contribution in [0.4, 0.5) is 0 Å². The Balaban J connectivity index is 1.48. The third-order valence-corrected chi connectivity index (χ3v) is 5.42. The van der Waals surface area contributed by atoms with Crippen LogP contribution >= 0.6 is 0 Å². The van der Waals surface area contributed by atoms with E-state index in [0.29, 0.717) is 37.3 Å². The Labute approximate surface area is 178 Å². The fourth-order valence-electron chi connectivity index (χ4n) is 3.71. The van der Waals surface area contributed by atoms with E-state index < -0.39 is 5.91 Å². The molecule has 1 saturated heterocycles. The average Bonchev–Trinajstić information content (AvgIpc) is 2.78. The molecule has 0 atom stereocenters. The lowest BCUT2D eigenvalue weighted by molar-refractivity contribution is -0.121. The van der Waals surface area contributed by atoms with E-state index in [9.17, 15) is 9.59 Å². The molecule has 1 fully saturated rings. The number of likely N-dealkylation sites (tertiary alicyclic amines) is 1. The van der Waals surface area contributed by atoms with Crippen LogP contribution in [-0.2, 0) is 17.8 Å². The summed E-state index contributed by atoms with van der Waals surface area (Å²) in [6, 6.07) is 15.1. The molecule has 1 aliphatic rings. The number of piperidine rings is 1. The van der Waals surface area contributed by atoms with Crippen molar-refractivity contribution < 1.29 is 14.3 Å². The number of carbonyl (C=O) groups is 2. The maximum atomic E-state index is 12.2. The molecular weight excluding hydrogens is 378 g/mol. The van der Waals surface area contributed by atoms with Crippen LogP contribution in [0.3, 0.4) is 0 Å². The number of primary amides is 1. The van der Waals surface area contributed by atoms with Gasteiger partial charge in [-0.1, -0.05) is 42.8 Å². The van der Waals surface area contributed by atoms with Gasteiger partial charge in [0.1, 0.15) is 12.4 Å². The lowest BCUT2D eigenvalue weighted by atomic mass is 10.0. The Morgan fingerprint density at radius 2 is 1.80 bits per heavy atom. The largest absolute Gasteiger partial charge is 0.489 e. The van der Waals surface area contributed by atoms with E-state index in [1.165, 1.54) is 19.3 Å². The predicted molar refractivity (Wildman–Crippen MR) is 117 cm³/mol. The second-order valence-corrected chi connectivity index (χ2v) is 7.71. The van der Waals surface area contributed by atoms with Crippen LogP contribution in [0, 0.1) is 0 Å². The van der Waals surface area contributed by atoms with E-state index in [2.05, 4.69) is 10.2 Å². The van der Waals surface area contributed by atoms with Crippen molar-refractivity contribution in [3.63, 3.8) is 0 Å². The van der Waals surface area contributed by atoms with Gasteiger partial charge in [0, 0.05) is 25.1 Å². The van der Waals surface area contributed by atoms with Gasteiger partial charge in [-0.15, -0.1) is 0 Å². The summed E-state index contributed by atoms with van der Waals surface area (Å²) >= 11 is 0. The summed E-state index contributed by atoms with van der Waals surface area (Å²) in [5.74, 6) is 0.0647. The molecule has 2 aromatic carbocycles. The third kappa shape index (κ3) is 6.88. The number of rotatable bonds is 10. The van der Waals surface area contributed by atoms with E-state index in [4.69, 9.17) is 10.5 Å². The number of nitrogens with one attached hydrogen (secondary N) is 1. The molecule has 0 unspecified atom stereocenters. The van der Waals surface area contributed by atoms with Crippen molar-refractivity contribution in [3.05, 3.63) is 65.2 Å². The number of benzene rings is 2. The molecule has 2 amide bonds. The third-order valence-electron chi connectivity index (χ3n) is 5.42. The first-order chi connectivity index (χ1) is 14.6. The van der Waals surface area contributed by atoms with Crippen LogP contribution < -0.4 is 15.8 Å². The topological polar surface area (TPSA) is 84.7 Å². The minimum absolute atomic E-state index is 0.00756. The number of hydrogen-bond acceptors (Lipinski definition) is 4. The molecule has 0 aliphatic carbocycles. The van der Waals surface area contributed by atoms with Crippen LogP contribution in [0.5, 0.6) is 5.75 Å². The lowest BCUT2D eigenvalue weighted by Gasteiger charge is -2.26. The highest BCUT2D eigenvalue weighted by Gasteiger charge is 2.13. The minimum atomic E-state index is -0.513. The molecule has 2 aromatic rings. The van der Waals surface area contributed by atoms with Gasteiger partial charge in [0.25, 0.3) is 0 Å². The van der Waals surface area contributed by atoms with Crippen molar-refractivity contribution in [2.45, 2.75) is 38.7 Å². The molecule has 1 aliphatic heterocycles. The summed E-state index contributed by atoms with van der Waals surface area (Å²) in [5, 5.41) is 2.98. The number of ether oxygens (including phenoxy) is 1. The van der Waals surface area contributed by atoms with Crippen molar-refractivity contribution in [1.82, 2.24) is 10.2 Å². The van der Waals surface area contributed by atoms with Crippen molar-refractivity contribution in [1.29, 1.82) is 0 Å². The zero-order valence-electron chi connectivity index (χ0n) is 17.4. The molecule has 6 heteroatoms. The lowest BCUT2D eigenvalue weighted by Crippen LogP contribution is -2.37. The van der Waals surface area contributed by atoms with Crippen LogP contribution in [0.15, 0.2) is 48.5 Å². The van der Waals surface area contributed by atoms with Crippen molar-refractivity contribution in [2.24, 2.45) is 5.73 Å². The Bertz CT molecular complexity index is 833. The van der Waals surface area contributed by atoms with E-state index in [0.717, 1.165) is 30.8 Å². The second-order valence-electron chi connectivity index (χ2n) is 7.71. The molecular formula is C24H31N3O3. The summed E-state index contributed by atoms with van der Waals surface area (Å²) in [4.78, 5) is 26.5. The molecule has 0 bridgehead atoms. The zero-order chi connectivity index (χ0) is 21.2. The number of carbonyl (C=O) groups excluding carboxylic acids is 2. The quantitative estimate of drug-likeness (QED) is 0.632. The summed E-state index contributed by atoms with van der Waals surface area (Å²) in [6.07, 6.45) is 4.59. The Morgan fingerprint density at radius 3 is 2.53 bits per heavy atom. The van der Waals surface area contributed by atoms with Crippen LogP contribution in [0.25, 0.3) is 0 Å². The van der Waals surface area contributed by atoms with E-state index in [1.807, 2.05) is 42.5 Å². The zero-order valence-corrected chi connectivity index (χ0v) is 17.4. The maximum absolute atomic E-state index is 12.2. The van der Waals surface area contributed by atoms with E-state index in [-0.39, 0.29) is 5.91 Å². The van der Waals surface area contributed by atoms with E-state index >= 15 is 0 Å². The normalized spacial score (nSPS) is 14.3. The van der Waals surface area contributed by atoms with Gasteiger partial charge in [-0.25, -0.2) is 0 Å². The summed E-state index contributed by atoms with van der Waals surface area (Å²) < 4.78 is 5.78. The van der Waals surface area contributed by atoms with Gasteiger partial charge in [0.05, 0.1) is 0 Å². The summed E-state index contributed by atoms with van der Waals surface area (Å²) in [6.45, 7) is 4.21. The molecule has 160 valence electrons. The first-order valence-corrected chi connectivity index (χ1v) is 10.7. The fourth-order valence-corrected chi connectivity index (χ4v) is 3.71. The van der Waals surface area contributed by atoms with Crippen molar-refractivity contribution >= 4 is 11.8 Å². The van der Waals surface area contributed by atoms with Crippen LogP contribution in [0.1, 0.15) is 47.2 Å². The van der Waals surface area contributed by atoms with Gasteiger partial charge in [-0.2, -0.15) is 0 Å². The number of aryl methyl sites for hydroxylation is 1. The molecule has 6 nitrogen and oxygen atoms in total. The first kappa shape index (κ1) is 21.8.